The number of nitrogens with zero attached hydrogens (tertiary/aromatic N) is 2. The van der Waals surface area contributed by atoms with Crippen LogP contribution < -0.4 is 10.9 Å². The maximum Gasteiger partial charge on any atom is 0.262 e. The molecule has 0 aliphatic carbocycles. The third-order valence-electron chi connectivity index (χ3n) is 4.51. The van der Waals surface area contributed by atoms with E-state index in [9.17, 15) is 14.4 Å². The molecule has 0 aliphatic heterocycles. The molecular formula is C22H23N3O3S. The lowest BCUT2D eigenvalue weighted by molar-refractivity contribution is -0.115. The Bertz CT molecular complexity index is 1140. The number of carbonyl (C=O) groups excluding carboxylic acids is 2. The van der Waals surface area contributed by atoms with Crippen LogP contribution in [0.1, 0.15) is 44.1 Å². The van der Waals surface area contributed by atoms with Crippen molar-refractivity contribution >= 4 is 40.0 Å². The molecular weight excluding hydrogens is 386 g/mol. The highest BCUT2D eigenvalue weighted by Gasteiger charge is 2.21. The average Bonchev–Trinajstić information content (AvgIpc) is 2.68. The summed E-state index contributed by atoms with van der Waals surface area (Å²) in [6.45, 7) is 7.04. The fourth-order valence-electron chi connectivity index (χ4n) is 3.01. The van der Waals surface area contributed by atoms with Gasteiger partial charge in [0.25, 0.3) is 5.56 Å². The molecule has 3 aromatic rings. The Morgan fingerprint density at radius 1 is 1.03 bits per heavy atom. The molecule has 6 nitrogen and oxygen atoms in total. The van der Waals surface area contributed by atoms with Gasteiger partial charge in [0.05, 0.1) is 21.8 Å². The quantitative estimate of drug-likeness (QED) is 0.373. The van der Waals surface area contributed by atoms with E-state index in [4.69, 9.17) is 0 Å². The summed E-state index contributed by atoms with van der Waals surface area (Å²) < 4.78 is 1.61. The molecule has 1 atom stereocenters. The van der Waals surface area contributed by atoms with E-state index in [-0.39, 0.29) is 23.3 Å². The second-order valence-electron chi connectivity index (χ2n) is 7.03. The number of fused-ring (bicyclic) bond motifs is 1. The number of hydrogen-bond donors (Lipinski definition) is 1. The predicted molar refractivity (Wildman–Crippen MR) is 117 cm³/mol. The average molecular weight is 410 g/mol. The first-order chi connectivity index (χ1) is 13.8. The second kappa shape index (κ2) is 8.61. The fraction of sp³-hybridized carbons (Fsp3) is 0.273. The molecule has 1 amide bonds. The van der Waals surface area contributed by atoms with E-state index in [2.05, 4.69) is 10.3 Å². The molecule has 0 bridgehead atoms. The van der Waals surface area contributed by atoms with E-state index in [0.717, 1.165) is 0 Å². The molecule has 1 heterocycles. The zero-order valence-electron chi connectivity index (χ0n) is 16.8. The highest BCUT2D eigenvalue weighted by Crippen LogP contribution is 2.26. The highest BCUT2D eigenvalue weighted by molar-refractivity contribution is 8.00. The van der Waals surface area contributed by atoms with Crippen molar-refractivity contribution in [3.05, 3.63) is 64.4 Å². The van der Waals surface area contributed by atoms with Gasteiger partial charge in [-0.3, -0.25) is 19.0 Å². The van der Waals surface area contributed by atoms with Crippen LogP contribution in [0.25, 0.3) is 10.9 Å². The Labute approximate surface area is 173 Å². The van der Waals surface area contributed by atoms with Crippen LogP contribution in [0, 0.1) is 0 Å². The lowest BCUT2D eigenvalue weighted by Crippen LogP contribution is -2.28. The third-order valence-corrected chi connectivity index (χ3v) is 5.57. The van der Waals surface area contributed by atoms with Gasteiger partial charge in [-0.2, -0.15) is 0 Å². The van der Waals surface area contributed by atoms with Crippen molar-refractivity contribution in [3.63, 3.8) is 0 Å². The second-order valence-corrected chi connectivity index (χ2v) is 8.34. The van der Waals surface area contributed by atoms with E-state index in [1.807, 2.05) is 26.0 Å². The third kappa shape index (κ3) is 4.40. The Morgan fingerprint density at radius 2 is 1.69 bits per heavy atom. The van der Waals surface area contributed by atoms with Crippen LogP contribution in [-0.2, 0) is 4.79 Å². The lowest BCUT2D eigenvalue weighted by atomic mass is 10.1. The molecule has 29 heavy (non-hydrogen) atoms. The Morgan fingerprint density at radius 3 is 2.38 bits per heavy atom. The molecule has 1 aromatic heterocycles. The van der Waals surface area contributed by atoms with E-state index in [0.29, 0.717) is 27.3 Å². The number of nitrogens with one attached hydrogen (secondary N) is 1. The van der Waals surface area contributed by atoms with Crippen LogP contribution >= 0.6 is 11.8 Å². The summed E-state index contributed by atoms with van der Waals surface area (Å²) in [6, 6.07) is 14.0. The summed E-state index contributed by atoms with van der Waals surface area (Å²) in [7, 11) is 0. The Kier molecular flexibility index (Phi) is 6.17. The van der Waals surface area contributed by atoms with Crippen molar-refractivity contribution in [2.45, 2.75) is 44.1 Å². The van der Waals surface area contributed by atoms with Crippen molar-refractivity contribution < 1.29 is 9.59 Å². The molecule has 2 aromatic carbocycles. The zero-order valence-corrected chi connectivity index (χ0v) is 17.6. The van der Waals surface area contributed by atoms with Gasteiger partial charge >= 0.3 is 0 Å². The van der Waals surface area contributed by atoms with Gasteiger partial charge in [-0.15, -0.1) is 0 Å². The SMILES string of the molecule is CC(=O)c1ccccc1NC(=O)[C@@H](C)Sc1nc2ccccc2c(=O)n1C(C)C. The first-order valence-corrected chi connectivity index (χ1v) is 10.3. The number of anilines is 1. The molecule has 0 saturated carbocycles. The topological polar surface area (TPSA) is 81.1 Å². The first-order valence-electron chi connectivity index (χ1n) is 9.38. The van der Waals surface area contributed by atoms with Gasteiger partial charge in [0.15, 0.2) is 10.9 Å². The van der Waals surface area contributed by atoms with Crippen molar-refractivity contribution in [1.29, 1.82) is 0 Å². The number of Topliss-reactive ketones (excluding diaryl/α,β-unsaturated/α-hetero) is 1. The standard InChI is InChI=1S/C22H23N3O3S/c1-13(2)25-21(28)17-10-6-8-12-19(17)24-22(25)29-15(4)20(27)23-18-11-7-5-9-16(18)14(3)26/h5-13,15H,1-4H3,(H,23,27)/t15-/m1/s1. The maximum atomic E-state index is 12.9. The molecule has 1 N–H and O–H groups in total. The maximum absolute atomic E-state index is 12.9. The van der Waals surface area contributed by atoms with Crippen molar-refractivity contribution in [2.75, 3.05) is 5.32 Å². The van der Waals surface area contributed by atoms with Gasteiger partial charge in [0, 0.05) is 11.6 Å². The smallest absolute Gasteiger partial charge is 0.262 e. The minimum Gasteiger partial charge on any atom is -0.324 e. The van der Waals surface area contributed by atoms with E-state index >= 15 is 0 Å². The molecule has 3 rings (SSSR count). The number of carbonyl (C=O) groups is 2. The monoisotopic (exact) mass is 409 g/mol. The number of benzene rings is 2. The van der Waals surface area contributed by atoms with Gasteiger partial charge < -0.3 is 5.32 Å². The lowest BCUT2D eigenvalue weighted by Gasteiger charge is -2.19. The predicted octanol–water partition coefficient (Wildman–Crippen LogP) is 4.30. The van der Waals surface area contributed by atoms with Gasteiger partial charge in [-0.1, -0.05) is 36.0 Å². The minimum atomic E-state index is -0.520. The zero-order chi connectivity index (χ0) is 21.1. The fourth-order valence-corrected chi connectivity index (χ4v) is 4.05. The molecule has 7 heteroatoms. The van der Waals surface area contributed by atoms with Gasteiger partial charge in [0.2, 0.25) is 5.91 Å². The molecule has 0 saturated heterocycles. The number of thioether (sulfide) groups is 1. The Hall–Kier alpha value is -2.93. The number of ketones is 1. The minimum absolute atomic E-state index is 0.101. The normalized spacial score (nSPS) is 12.2. The van der Waals surface area contributed by atoms with Crippen LogP contribution in [0.15, 0.2) is 58.5 Å². The number of para-hydroxylation sites is 2. The molecule has 0 radical (unpaired) electrons. The highest BCUT2D eigenvalue weighted by atomic mass is 32.2. The summed E-state index contributed by atoms with van der Waals surface area (Å²) in [6.07, 6.45) is 0. The van der Waals surface area contributed by atoms with Crippen LogP contribution in [0.2, 0.25) is 0 Å². The van der Waals surface area contributed by atoms with E-state index in [1.165, 1.54) is 18.7 Å². The summed E-state index contributed by atoms with van der Waals surface area (Å²) in [5.74, 6) is -0.382. The summed E-state index contributed by atoms with van der Waals surface area (Å²) in [5, 5.41) is 3.34. The summed E-state index contributed by atoms with van der Waals surface area (Å²) in [5.41, 5.74) is 1.42. The van der Waals surface area contributed by atoms with Gasteiger partial charge in [-0.25, -0.2) is 4.98 Å². The van der Waals surface area contributed by atoms with E-state index < -0.39 is 5.25 Å². The van der Waals surface area contributed by atoms with Crippen LogP contribution in [0.3, 0.4) is 0 Å². The van der Waals surface area contributed by atoms with E-state index in [1.54, 1.807) is 47.9 Å². The van der Waals surface area contributed by atoms with Crippen LogP contribution in [-0.4, -0.2) is 26.5 Å². The molecule has 0 spiro atoms. The van der Waals surface area contributed by atoms with Crippen molar-refractivity contribution in [1.82, 2.24) is 9.55 Å². The number of rotatable bonds is 6. The number of hydrogen-bond acceptors (Lipinski definition) is 5. The van der Waals surface area contributed by atoms with Gasteiger partial charge in [0.1, 0.15) is 0 Å². The number of aromatic nitrogens is 2. The summed E-state index contributed by atoms with van der Waals surface area (Å²) in [4.78, 5) is 42.1. The summed E-state index contributed by atoms with van der Waals surface area (Å²) >= 11 is 1.22. The first kappa shape index (κ1) is 20.8. The molecule has 0 aliphatic rings. The van der Waals surface area contributed by atoms with Crippen molar-refractivity contribution in [2.24, 2.45) is 0 Å². The van der Waals surface area contributed by atoms with Gasteiger partial charge in [-0.05, 0) is 52.0 Å². The van der Waals surface area contributed by atoms with Crippen LogP contribution in [0.4, 0.5) is 5.69 Å². The van der Waals surface area contributed by atoms with Crippen molar-refractivity contribution in [3.8, 4) is 0 Å². The molecule has 0 unspecified atom stereocenters. The molecule has 0 fully saturated rings. The molecule has 150 valence electrons. The largest absolute Gasteiger partial charge is 0.324 e. The number of amides is 1. The Balaban J connectivity index is 1.91. The van der Waals surface area contributed by atoms with Crippen LogP contribution in [0.5, 0.6) is 0 Å².